The molecule has 1 fully saturated rings. The van der Waals surface area contributed by atoms with E-state index in [1.54, 1.807) is 29.3 Å². The number of ether oxygens (including phenoxy) is 1. The largest absolute Gasteiger partial charge is 0.481 e. The number of aromatic nitrogens is 4. The van der Waals surface area contributed by atoms with Gasteiger partial charge in [0.05, 0.1) is 30.4 Å². The van der Waals surface area contributed by atoms with Crippen LogP contribution in [0.5, 0.6) is 5.88 Å². The second-order valence-corrected chi connectivity index (χ2v) is 8.12. The molecule has 0 unspecified atom stereocenters. The summed E-state index contributed by atoms with van der Waals surface area (Å²) in [6.45, 7) is 1.54. The first-order valence-corrected chi connectivity index (χ1v) is 10.9. The van der Waals surface area contributed by atoms with E-state index in [0.29, 0.717) is 53.6 Å². The summed E-state index contributed by atoms with van der Waals surface area (Å²) in [4.78, 5) is 30.4. The number of nitrogens with zero attached hydrogens (tertiary/aromatic N) is 4. The number of benzene rings is 1. The highest BCUT2D eigenvalue weighted by Crippen LogP contribution is 2.23. The highest BCUT2D eigenvalue weighted by atomic mass is 19.1. The first-order chi connectivity index (χ1) is 16.5. The van der Waals surface area contributed by atoms with Crippen LogP contribution in [0.3, 0.4) is 0 Å². The third kappa shape index (κ3) is 4.46. The zero-order valence-electron chi connectivity index (χ0n) is 18.4. The Morgan fingerprint density at radius 2 is 2.00 bits per heavy atom. The van der Waals surface area contributed by atoms with E-state index >= 15 is 0 Å². The van der Waals surface area contributed by atoms with E-state index in [9.17, 15) is 13.6 Å². The molecule has 1 saturated heterocycles. The summed E-state index contributed by atoms with van der Waals surface area (Å²) in [5.74, 6) is -0.353. The molecule has 11 heteroatoms. The van der Waals surface area contributed by atoms with Gasteiger partial charge in [0.25, 0.3) is 0 Å². The van der Waals surface area contributed by atoms with Crippen molar-refractivity contribution in [2.24, 2.45) is 0 Å². The number of hydrogen-bond donors (Lipinski definition) is 3. The molecular formula is C23H23F2N7O2. The lowest BCUT2D eigenvalue weighted by molar-refractivity contribution is 0.188. The third-order valence-corrected chi connectivity index (χ3v) is 5.90. The topological polar surface area (TPSA) is 108 Å². The lowest BCUT2D eigenvalue weighted by Crippen LogP contribution is -2.46. The number of imidazole rings is 1. The minimum absolute atomic E-state index is 0.125. The molecule has 4 heterocycles. The van der Waals surface area contributed by atoms with Crippen molar-refractivity contribution < 1.29 is 18.3 Å². The fraction of sp³-hybridized carbons (Fsp3) is 0.304. The van der Waals surface area contributed by atoms with Gasteiger partial charge in [-0.25, -0.2) is 23.5 Å². The Balaban J connectivity index is 1.17. The molecule has 3 N–H and O–H groups in total. The smallest absolute Gasteiger partial charge is 0.321 e. The van der Waals surface area contributed by atoms with Crippen molar-refractivity contribution in [1.82, 2.24) is 30.2 Å². The van der Waals surface area contributed by atoms with Crippen LogP contribution in [0, 0.1) is 11.6 Å². The molecule has 176 valence electrons. The van der Waals surface area contributed by atoms with Gasteiger partial charge in [-0.3, -0.25) is 4.98 Å². The SMILES string of the molecule is COc1ccc2nccc(NC(=O)N3CCC(NCc4nc5c(F)cc(F)cc5[nH]4)CC3)c2n1. The number of carbonyl (C=O) groups is 1. The van der Waals surface area contributed by atoms with Crippen molar-refractivity contribution in [3.8, 4) is 5.88 Å². The van der Waals surface area contributed by atoms with Crippen molar-refractivity contribution in [2.45, 2.75) is 25.4 Å². The number of amides is 2. The Bertz CT molecular complexity index is 1350. The van der Waals surface area contributed by atoms with Crippen LogP contribution in [0.25, 0.3) is 22.1 Å². The van der Waals surface area contributed by atoms with Crippen LogP contribution < -0.4 is 15.4 Å². The van der Waals surface area contributed by atoms with E-state index in [1.165, 1.54) is 13.2 Å². The molecule has 1 aliphatic heterocycles. The van der Waals surface area contributed by atoms with Crippen LogP contribution >= 0.6 is 0 Å². The molecule has 0 atom stereocenters. The zero-order chi connectivity index (χ0) is 23.7. The lowest BCUT2D eigenvalue weighted by Gasteiger charge is -2.32. The molecule has 0 aliphatic carbocycles. The third-order valence-electron chi connectivity index (χ3n) is 5.90. The average Bonchev–Trinajstić information content (AvgIpc) is 3.26. The molecule has 3 aromatic heterocycles. The normalized spacial score (nSPS) is 14.6. The van der Waals surface area contributed by atoms with E-state index in [4.69, 9.17) is 4.74 Å². The molecule has 0 saturated carbocycles. The minimum atomic E-state index is -0.688. The number of fused-ring (bicyclic) bond motifs is 2. The average molecular weight is 467 g/mol. The second-order valence-electron chi connectivity index (χ2n) is 8.12. The number of methoxy groups -OCH3 is 1. The number of anilines is 1. The number of rotatable bonds is 5. The molecule has 4 aromatic rings. The monoisotopic (exact) mass is 467 g/mol. The fourth-order valence-electron chi connectivity index (χ4n) is 4.12. The molecule has 0 bridgehead atoms. The van der Waals surface area contributed by atoms with Crippen LogP contribution in [0.4, 0.5) is 19.3 Å². The molecule has 1 aromatic carbocycles. The van der Waals surface area contributed by atoms with Gasteiger partial charge in [0.15, 0.2) is 5.82 Å². The van der Waals surface area contributed by atoms with E-state index in [1.807, 2.05) is 0 Å². The van der Waals surface area contributed by atoms with Gasteiger partial charge in [-0.15, -0.1) is 0 Å². The van der Waals surface area contributed by atoms with Gasteiger partial charge in [0.2, 0.25) is 5.88 Å². The summed E-state index contributed by atoms with van der Waals surface area (Å²) in [6.07, 6.45) is 3.13. The summed E-state index contributed by atoms with van der Waals surface area (Å²) in [7, 11) is 1.54. The molecule has 34 heavy (non-hydrogen) atoms. The molecule has 0 radical (unpaired) electrons. The van der Waals surface area contributed by atoms with E-state index < -0.39 is 11.6 Å². The number of carbonyl (C=O) groups excluding carboxylic acids is 1. The number of urea groups is 1. The van der Waals surface area contributed by atoms with Gasteiger partial charge >= 0.3 is 6.03 Å². The van der Waals surface area contributed by atoms with Gasteiger partial charge in [0.1, 0.15) is 22.7 Å². The molecule has 9 nitrogen and oxygen atoms in total. The fourth-order valence-corrected chi connectivity index (χ4v) is 4.12. The maximum Gasteiger partial charge on any atom is 0.321 e. The molecular weight excluding hydrogens is 444 g/mol. The molecule has 0 spiro atoms. The van der Waals surface area contributed by atoms with Crippen molar-refractivity contribution in [2.75, 3.05) is 25.5 Å². The van der Waals surface area contributed by atoms with Crippen molar-refractivity contribution in [1.29, 1.82) is 0 Å². The Morgan fingerprint density at radius 3 is 2.79 bits per heavy atom. The Labute approximate surface area is 193 Å². The summed E-state index contributed by atoms with van der Waals surface area (Å²) in [6, 6.07) is 7.24. The second kappa shape index (κ2) is 9.18. The van der Waals surface area contributed by atoms with Gasteiger partial charge in [-0.05, 0) is 31.0 Å². The van der Waals surface area contributed by atoms with Gasteiger partial charge < -0.3 is 25.3 Å². The Hall–Kier alpha value is -3.86. The maximum atomic E-state index is 13.9. The highest BCUT2D eigenvalue weighted by molar-refractivity contribution is 5.98. The van der Waals surface area contributed by atoms with E-state index in [0.717, 1.165) is 18.9 Å². The summed E-state index contributed by atoms with van der Waals surface area (Å²) in [5.41, 5.74) is 2.25. The number of aromatic amines is 1. The van der Waals surface area contributed by atoms with Crippen molar-refractivity contribution in [3.05, 3.63) is 54.0 Å². The van der Waals surface area contributed by atoms with Crippen LogP contribution in [0.2, 0.25) is 0 Å². The Morgan fingerprint density at radius 1 is 1.18 bits per heavy atom. The van der Waals surface area contributed by atoms with E-state index in [2.05, 4.69) is 30.6 Å². The molecule has 2 amide bonds. The quantitative estimate of drug-likeness (QED) is 0.414. The standard InChI is InChI=1S/C23H23F2N7O2/c1-34-20-3-2-16-22(31-20)17(4-7-26-16)29-23(33)32-8-5-14(6-9-32)27-12-19-28-18-11-13(24)10-15(25)21(18)30-19/h2-4,7,10-11,14,27H,5-6,8-9,12H2,1H3,(H,28,30)(H,26,29,33). The van der Waals surface area contributed by atoms with Crippen LogP contribution in [-0.4, -0.2) is 57.1 Å². The number of H-pyrrole nitrogens is 1. The summed E-state index contributed by atoms with van der Waals surface area (Å²) >= 11 is 0. The van der Waals surface area contributed by atoms with Crippen LogP contribution in [0.1, 0.15) is 18.7 Å². The van der Waals surface area contributed by atoms with Crippen molar-refractivity contribution >= 4 is 33.8 Å². The van der Waals surface area contributed by atoms with Gasteiger partial charge in [-0.2, -0.15) is 0 Å². The van der Waals surface area contributed by atoms with Gasteiger partial charge in [-0.1, -0.05) is 0 Å². The highest BCUT2D eigenvalue weighted by Gasteiger charge is 2.23. The lowest BCUT2D eigenvalue weighted by atomic mass is 10.1. The molecule has 5 rings (SSSR count). The predicted octanol–water partition coefficient (Wildman–Crippen LogP) is 3.58. The number of nitrogens with one attached hydrogen (secondary N) is 3. The van der Waals surface area contributed by atoms with Crippen LogP contribution in [0.15, 0.2) is 36.5 Å². The number of halogens is 2. The van der Waals surface area contributed by atoms with Crippen molar-refractivity contribution in [3.63, 3.8) is 0 Å². The zero-order valence-corrected chi connectivity index (χ0v) is 18.4. The number of hydrogen-bond acceptors (Lipinski definition) is 6. The number of likely N-dealkylation sites (tertiary alicyclic amines) is 1. The predicted molar refractivity (Wildman–Crippen MR) is 123 cm³/mol. The van der Waals surface area contributed by atoms with E-state index in [-0.39, 0.29) is 17.6 Å². The number of pyridine rings is 2. The summed E-state index contributed by atoms with van der Waals surface area (Å²) < 4.78 is 32.4. The Kier molecular flexibility index (Phi) is 5.93. The summed E-state index contributed by atoms with van der Waals surface area (Å²) in [5, 5.41) is 6.31. The first kappa shape index (κ1) is 22.0. The van der Waals surface area contributed by atoms with Gasteiger partial charge in [0, 0.05) is 37.5 Å². The number of piperidine rings is 1. The maximum absolute atomic E-state index is 13.9. The van der Waals surface area contributed by atoms with Crippen LogP contribution in [-0.2, 0) is 6.54 Å². The minimum Gasteiger partial charge on any atom is -0.481 e. The first-order valence-electron chi connectivity index (χ1n) is 10.9. The molecule has 1 aliphatic rings.